The molecule has 0 saturated carbocycles. The Morgan fingerprint density at radius 1 is 1.10 bits per heavy atom. The number of pyridine rings is 1. The minimum absolute atomic E-state index is 0.135. The van der Waals surface area contributed by atoms with Crippen LogP contribution in [0.25, 0.3) is 10.9 Å². The molecule has 1 amide bonds. The lowest BCUT2D eigenvalue weighted by Crippen LogP contribution is -2.37. The maximum atomic E-state index is 13.3. The third kappa shape index (κ3) is 5.60. The van der Waals surface area contributed by atoms with Crippen molar-refractivity contribution in [2.45, 2.75) is 32.4 Å². The summed E-state index contributed by atoms with van der Waals surface area (Å²) in [6.07, 6.45) is -0.342. The molecule has 0 aliphatic rings. The summed E-state index contributed by atoms with van der Waals surface area (Å²) in [4.78, 5) is 30.5. The summed E-state index contributed by atoms with van der Waals surface area (Å²) in [6.45, 7) is 1.77. The Bertz CT molecular complexity index is 1020. The summed E-state index contributed by atoms with van der Waals surface area (Å²) in [5.74, 6) is -1.16. The molecule has 1 heterocycles. The molecule has 2 aromatic carbocycles. The third-order valence-electron chi connectivity index (χ3n) is 4.58. The Labute approximate surface area is 169 Å². The van der Waals surface area contributed by atoms with Gasteiger partial charge in [-0.1, -0.05) is 36.4 Å². The number of hydrogen-bond acceptors (Lipinski definition) is 4. The highest BCUT2D eigenvalue weighted by Gasteiger charge is 2.21. The van der Waals surface area contributed by atoms with Crippen molar-refractivity contribution >= 4 is 22.8 Å². The molecule has 150 valence electrons. The van der Waals surface area contributed by atoms with E-state index in [1.54, 1.807) is 19.2 Å². The van der Waals surface area contributed by atoms with Crippen LogP contribution < -0.4 is 0 Å². The summed E-state index contributed by atoms with van der Waals surface area (Å²) in [6, 6.07) is 17.7. The van der Waals surface area contributed by atoms with Gasteiger partial charge in [0, 0.05) is 31.1 Å². The van der Waals surface area contributed by atoms with Gasteiger partial charge in [0.05, 0.1) is 11.9 Å². The summed E-state index contributed by atoms with van der Waals surface area (Å²) in [7, 11) is 1.59. The Morgan fingerprint density at radius 2 is 1.90 bits per heavy atom. The standard InChI is InChI=1S/C23H23FN2O3/c1-16(23(28)26(2)15-17-6-5-8-19(24)14-17)29-22(27)13-12-20-11-10-18-7-3-4-9-21(18)25-20/h3-11,14,16H,12-13,15H2,1-2H3. The van der Waals surface area contributed by atoms with E-state index in [0.29, 0.717) is 12.0 Å². The van der Waals surface area contributed by atoms with E-state index >= 15 is 0 Å². The monoisotopic (exact) mass is 394 g/mol. The zero-order valence-corrected chi connectivity index (χ0v) is 16.5. The Hall–Kier alpha value is -3.28. The van der Waals surface area contributed by atoms with Gasteiger partial charge in [-0.2, -0.15) is 0 Å². The summed E-state index contributed by atoms with van der Waals surface area (Å²) in [5.41, 5.74) is 2.34. The predicted octanol–water partition coefficient (Wildman–Crippen LogP) is 3.90. The first kappa shape index (κ1) is 20.5. The fraction of sp³-hybridized carbons (Fsp3) is 0.261. The fourth-order valence-corrected chi connectivity index (χ4v) is 3.08. The van der Waals surface area contributed by atoms with Gasteiger partial charge >= 0.3 is 5.97 Å². The number of amides is 1. The molecule has 0 fully saturated rings. The van der Waals surface area contributed by atoms with Crippen LogP contribution in [0.15, 0.2) is 60.7 Å². The molecule has 5 nitrogen and oxygen atoms in total. The van der Waals surface area contributed by atoms with Gasteiger partial charge < -0.3 is 9.64 Å². The number of aromatic nitrogens is 1. The largest absolute Gasteiger partial charge is 0.453 e. The molecule has 0 bridgehead atoms. The molecule has 0 radical (unpaired) electrons. The van der Waals surface area contributed by atoms with E-state index in [9.17, 15) is 14.0 Å². The van der Waals surface area contributed by atoms with E-state index in [-0.39, 0.29) is 24.7 Å². The number of carbonyl (C=O) groups excluding carboxylic acids is 2. The van der Waals surface area contributed by atoms with Crippen LogP contribution in [0.4, 0.5) is 4.39 Å². The van der Waals surface area contributed by atoms with Crippen LogP contribution in [-0.4, -0.2) is 34.9 Å². The number of ether oxygens (including phenoxy) is 1. The lowest BCUT2D eigenvalue weighted by molar-refractivity contribution is -0.158. The number of para-hydroxylation sites is 1. The van der Waals surface area contributed by atoms with E-state index in [1.165, 1.54) is 24.0 Å². The molecular formula is C23H23FN2O3. The normalized spacial score (nSPS) is 11.8. The number of aryl methyl sites for hydroxylation is 1. The third-order valence-corrected chi connectivity index (χ3v) is 4.58. The van der Waals surface area contributed by atoms with E-state index in [2.05, 4.69) is 4.98 Å². The van der Waals surface area contributed by atoms with E-state index in [1.807, 2.05) is 36.4 Å². The second kappa shape index (κ2) is 9.28. The second-order valence-electron chi connectivity index (χ2n) is 6.95. The van der Waals surface area contributed by atoms with Crippen LogP contribution in [0, 0.1) is 5.82 Å². The second-order valence-corrected chi connectivity index (χ2v) is 6.95. The maximum absolute atomic E-state index is 13.3. The lowest BCUT2D eigenvalue weighted by atomic mass is 10.1. The predicted molar refractivity (Wildman–Crippen MR) is 108 cm³/mol. The Balaban J connectivity index is 1.50. The lowest BCUT2D eigenvalue weighted by Gasteiger charge is -2.21. The SMILES string of the molecule is CC(OC(=O)CCc1ccc2ccccc2n1)C(=O)N(C)Cc1cccc(F)c1. The van der Waals surface area contributed by atoms with Gasteiger partial charge in [-0.3, -0.25) is 14.6 Å². The van der Waals surface area contributed by atoms with Crippen molar-refractivity contribution in [2.75, 3.05) is 7.05 Å². The minimum atomic E-state index is -0.911. The van der Waals surface area contributed by atoms with Gasteiger partial charge in [-0.15, -0.1) is 0 Å². The molecule has 0 saturated heterocycles. The molecular weight excluding hydrogens is 371 g/mol. The highest BCUT2D eigenvalue weighted by Crippen LogP contribution is 2.13. The topological polar surface area (TPSA) is 59.5 Å². The first-order valence-corrected chi connectivity index (χ1v) is 9.46. The van der Waals surface area contributed by atoms with Crippen molar-refractivity contribution < 1.29 is 18.7 Å². The molecule has 1 aromatic heterocycles. The summed E-state index contributed by atoms with van der Waals surface area (Å²) in [5, 5.41) is 1.04. The molecule has 29 heavy (non-hydrogen) atoms. The van der Waals surface area contributed by atoms with Gasteiger partial charge in [0.15, 0.2) is 6.10 Å². The first-order chi connectivity index (χ1) is 13.9. The number of hydrogen-bond donors (Lipinski definition) is 0. The smallest absolute Gasteiger partial charge is 0.306 e. The van der Waals surface area contributed by atoms with Crippen molar-refractivity contribution in [3.05, 3.63) is 77.7 Å². The van der Waals surface area contributed by atoms with Crippen molar-refractivity contribution in [1.29, 1.82) is 0 Å². The first-order valence-electron chi connectivity index (χ1n) is 9.46. The number of rotatable bonds is 7. The van der Waals surface area contributed by atoms with Crippen molar-refractivity contribution in [1.82, 2.24) is 9.88 Å². The van der Waals surface area contributed by atoms with Gasteiger partial charge in [0.25, 0.3) is 5.91 Å². The minimum Gasteiger partial charge on any atom is -0.453 e. The van der Waals surface area contributed by atoms with Gasteiger partial charge in [-0.05, 0) is 36.8 Å². The highest BCUT2D eigenvalue weighted by molar-refractivity contribution is 5.83. The molecule has 1 unspecified atom stereocenters. The molecule has 1 atom stereocenters. The zero-order valence-electron chi connectivity index (χ0n) is 16.5. The Kier molecular flexibility index (Phi) is 6.54. The number of likely N-dealkylation sites (N-methyl/N-ethyl adjacent to an activating group) is 1. The van der Waals surface area contributed by atoms with Crippen molar-refractivity contribution in [3.8, 4) is 0 Å². The quantitative estimate of drug-likeness (QED) is 0.571. The number of carbonyl (C=O) groups is 2. The van der Waals surface area contributed by atoms with Gasteiger partial charge in [-0.25, -0.2) is 4.39 Å². The van der Waals surface area contributed by atoms with Crippen LogP contribution >= 0.6 is 0 Å². The average molecular weight is 394 g/mol. The fourth-order valence-electron chi connectivity index (χ4n) is 3.08. The summed E-state index contributed by atoms with van der Waals surface area (Å²) >= 11 is 0. The molecule has 3 aromatic rings. The van der Waals surface area contributed by atoms with Crippen molar-refractivity contribution in [3.63, 3.8) is 0 Å². The zero-order chi connectivity index (χ0) is 20.8. The number of esters is 1. The summed E-state index contributed by atoms with van der Waals surface area (Å²) < 4.78 is 18.6. The molecule has 3 rings (SSSR count). The molecule has 0 aliphatic carbocycles. The highest BCUT2D eigenvalue weighted by atomic mass is 19.1. The maximum Gasteiger partial charge on any atom is 0.306 e. The van der Waals surface area contributed by atoms with Crippen molar-refractivity contribution in [2.24, 2.45) is 0 Å². The number of nitrogens with zero attached hydrogens (tertiary/aromatic N) is 2. The molecule has 6 heteroatoms. The number of fused-ring (bicyclic) bond motifs is 1. The number of benzene rings is 2. The average Bonchev–Trinajstić information content (AvgIpc) is 2.71. The number of halogens is 1. The van der Waals surface area contributed by atoms with Gasteiger partial charge in [0.1, 0.15) is 5.82 Å². The van der Waals surface area contributed by atoms with E-state index in [0.717, 1.165) is 16.6 Å². The van der Waals surface area contributed by atoms with Crippen LogP contribution in [0.3, 0.4) is 0 Å². The molecule has 0 spiro atoms. The van der Waals surface area contributed by atoms with Crippen LogP contribution in [0.5, 0.6) is 0 Å². The van der Waals surface area contributed by atoms with Crippen LogP contribution in [-0.2, 0) is 27.3 Å². The van der Waals surface area contributed by atoms with E-state index in [4.69, 9.17) is 4.74 Å². The van der Waals surface area contributed by atoms with E-state index < -0.39 is 12.1 Å². The molecule has 0 N–H and O–H groups in total. The van der Waals surface area contributed by atoms with Crippen LogP contribution in [0.1, 0.15) is 24.6 Å². The Morgan fingerprint density at radius 3 is 2.69 bits per heavy atom. The van der Waals surface area contributed by atoms with Gasteiger partial charge in [0.2, 0.25) is 0 Å². The molecule has 0 aliphatic heterocycles. The van der Waals surface area contributed by atoms with Crippen LogP contribution in [0.2, 0.25) is 0 Å².